The molecule has 2 aromatic rings. The number of nitrogens with zero attached hydrogens (tertiary/aromatic N) is 1. The zero-order valence-corrected chi connectivity index (χ0v) is 11.0. The standard InChI is InChI=1S/C15H20N2O/c1-12(16-2)6-5-11-18-14-9-3-7-13-8-4-10-17-15(13)14/h3-4,7-10,12,16H,5-6,11H2,1-2H3. The number of hydrogen-bond donors (Lipinski definition) is 1. The maximum Gasteiger partial charge on any atom is 0.145 e. The highest BCUT2D eigenvalue weighted by Gasteiger charge is 2.03. The Morgan fingerprint density at radius 3 is 2.94 bits per heavy atom. The van der Waals surface area contributed by atoms with Crippen LogP contribution in [-0.4, -0.2) is 24.7 Å². The van der Waals surface area contributed by atoms with Crippen molar-refractivity contribution in [2.75, 3.05) is 13.7 Å². The molecule has 1 atom stereocenters. The summed E-state index contributed by atoms with van der Waals surface area (Å²) in [6.45, 7) is 2.92. The Hall–Kier alpha value is -1.61. The molecule has 1 unspecified atom stereocenters. The lowest BCUT2D eigenvalue weighted by atomic mass is 10.2. The summed E-state index contributed by atoms with van der Waals surface area (Å²) in [5, 5.41) is 4.35. The molecule has 0 amide bonds. The summed E-state index contributed by atoms with van der Waals surface area (Å²) in [4.78, 5) is 4.37. The molecule has 0 aliphatic heterocycles. The van der Waals surface area contributed by atoms with Crippen LogP contribution >= 0.6 is 0 Å². The van der Waals surface area contributed by atoms with Crippen molar-refractivity contribution in [3.8, 4) is 5.75 Å². The van der Waals surface area contributed by atoms with Crippen molar-refractivity contribution in [1.82, 2.24) is 10.3 Å². The van der Waals surface area contributed by atoms with Crippen LogP contribution < -0.4 is 10.1 Å². The molecule has 0 fully saturated rings. The highest BCUT2D eigenvalue weighted by molar-refractivity contribution is 5.84. The smallest absolute Gasteiger partial charge is 0.145 e. The Kier molecular flexibility index (Phi) is 4.53. The van der Waals surface area contributed by atoms with Crippen LogP contribution in [0, 0.1) is 0 Å². The molecule has 0 spiro atoms. The first-order valence-electron chi connectivity index (χ1n) is 6.45. The minimum Gasteiger partial charge on any atom is -0.491 e. The number of para-hydroxylation sites is 1. The molecule has 0 saturated heterocycles. The first kappa shape index (κ1) is 12.8. The second kappa shape index (κ2) is 6.36. The van der Waals surface area contributed by atoms with Gasteiger partial charge in [-0.3, -0.25) is 4.98 Å². The number of pyridine rings is 1. The molecular weight excluding hydrogens is 224 g/mol. The van der Waals surface area contributed by atoms with Crippen molar-refractivity contribution in [1.29, 1.82) is 0 Å². The third-order valence-corrected chi connectivity index (χ3v) is 3.13. The van der Waals surface area contributed by atoms with Crippen LogP contribution in [0.2, 0.25) is 0 Å². The molecule has 96 valence electrons. The van der Waals surface area contributed by atoms with E-state index in [-0.39, 0.29) is 0 Å². The lowest BCUT2D eigenvalue weighted by Gasteiger charge is -2.11. The Morgan fingerprint density at radius 1 is 1.28 bits per heavy atom. The average Bonchev–Trinajstić information content (AvgIpc) is 2.43. The lowest BCUT2D eigenvalue weighted by Crippen LogP contribution is -2.21. The largest absolute Gasteiger partial charge is 0.491 e. The van der Waals surface area contributed by atoms with Crippen LogP contribution in [0.5, 0.6) is 5.75 Å². The van der Waals surface area contributed by atoms with Gasteiger partial charge < -0.3 is 10.1 Å². The van der Waals surface area contributed by atoms with Gasteiger partial charge in [-0.1, -0.05) is 18.2 Å². The quantitative estimate of drug-likeness (QED) is 0.793. The minimum absolute atomic E-state index is 0.541. The molecule has 1 heterocycles. The van der Waals surface area contributed by atoms with Gasteiger partial charge in [0, 0.05) is 17.6 Å². The van der Waals surface area contributed by atoms with E-state index in [1.165, 1.54) is 0 Å². The van der Waals surface area contributed by atoms with Crippen LogP contribution in [0.15, 0.2) is 36.5 Å². The summed E-state index contributed by atoms with van der Waals surface area (Å²) in [6.07, 6.45) is 3.97. The number of hydrogen-bond acceptors (Lipinski definition) is 3. The van der Waals surface area contributed by atoms with Gasteiger partial charge in [0.15, 0.2) is 0 Å². The van der Waals surface area contributed by atoms with Gasteiger partial charge in [-0.05, 0) is 38.9 Å². The van der Waals surface area contributed by atoms with E-state index < -0.39 is 0 Å². The maximum atomic E-state index is 5.82. The monoisotopic (exact) mass is 244 g/mol. The predicted molar refractivity (Wildman–Crippen MR) is 75.0 cm³/mol. The Morgan fingerprint density at radius 2 is 2.11 bits per heavy atom. The first-order chi connectivity index (χ1) is 8.81. The third kappa shape index (κ3) is 3.20. The molecule has 1 aromatic heterocycles. The van der Waals surface area contributed by atoms with Gasteiger partial charge >= 0.3 is 0 Å². The zero-order chi connectivity index (χ0) is 12.8. The zero-order valence-electron chi connectivity index (χ0n) is 11.0. The molecule has 1 aromatic carbocycles. The van der Waals surface area contributed by atoms with Crippen molar-refractivity contribution >= 4 is 10.9 Å². The topological polar surface area (TPSA) is 34.1 Å². The van der Waals surface area contributed by atoms with Gasteiger partial charge in [-0.15, -0.1) is 0 Å². The number of benzene rings is 1. The van der Waals surface area contributed by atoms with Crippen molar-refractivity contribution in [2.45, 2.75) is 25.8 Å². The van der Waals surface area contributed by atoms with Gasteiger partial charge in [-0.25, -0.2) is 0 Å². The van der Waals surface area contributed by atoms with E-state index in [0.717, 1.165) is 36.1 Å². The number of fused-ring (bicyclic) bond motifs is 1. The summed E-state index contributed by atoms with van der Waals surface area (Å²) in [6, 6.07) is 10.6. The molecular formula is C15H20N2O. The predicted octanol–water partition coefficient (Wildman–Crippen LogP) is 3.00. The average molecular weight is 244 g/mol. The molecule has 3 nitrogen and oxygen atoms in total. The Bertz CT molecular complexity index is 493. The van der Waals surface area contributed by atoms with Crippen molar-refractivity contribution < 1.29 is 4.74 Å². The second-order valence-electron chi connectivity index (χ2n) is 4.51. The van der Waals surface area contributed by atoms with Gasteiger partial charge in [0.2, 0.25) is 0 Å². The van der Waals surface area contributed by atoms with E-state index in [1.807, 2.05) is 25.2 Å². The number of aromatic nitrogens is 1. The van der Waals surface area contributed by atoms with E-state index in [9.17, 15) is 0 Å². The van der Waals surface area contributed by atoms with E-state index in [1.54, 1.807) is 6.20 Å². The number of nitrogens with one attached hydrogen (secondary N) is 1. The van der Waals surface area contributed by atoms with Crippen LogP contribution in [0.4, 0.5) is 0 Å². The lowest BCUT2D eigenvalue weighted by molar-refractivity contribution is 0.302. The Labute approximate surface area is 108 Å². The fourth-order valence-electron chi connectivity index (χ4n) is 1.91. The van der Waals surface area contributed by atoms with Gasteiger partial charge in [0.05, 0.1) is 6.61 Å². The normalized spacial score (nSPS) is 12.6. The molecule has 3 heteroatoms. The molecule has 1 N–H and O–H groups in total. The van der Waals surface area contributed by atoms with Crippen LogP contribution in [0.1, 0.15) is 19.8 Å². The fraction of sp³-hybridized carbons (Fsp3) is 0.400. The minimum atomic E-state index is 0.541. The van der Waals surface area contributed by atoms with Gasteiger partial charge in [-0.2, -0.15) is 0 Å². The molecule has 2 rings (SSSR count). The van der Waals surface area contributed by atoms with Crippen molar-refractivity contribution in [3.05, 3.63) is 36.5 Å². The fourth-order valence-corrected chi connectivity index (χ4v) is 1.91. The van der Waals surface area contributed by atoms with Gasteiger partial charge in [0.1, 0.15) is 11.3 Å². The number of rotatable bonds is 6. The summed E-state index contributed by atoms with van der Waals surface area (Å²) in [5.74, 6) is 0.880. The summed E-state index contributed by atoms with van der Waals surface area (Å²) >= 11 is 0. The first-order valence-corrected chi connectivity index (χ1v) is 6.45. The van der Waals surface area contributed by atoms with Crippen LogP contribution in [0.25, 0.3) is 10.9 Å². The van der Waals surface area contributed by atoms with Crippen molar-refractivity contribution in [2.24, 2.45) is 0 Å². The van der Waals surface area contributed by atoms with Crippen LogP contribution in [0.3, 0.4) is 0 Å². The molecule has 0 aliphatic carbocycles. The molecule has 18 heavy (non-hydrogen) atoms. The SMILES string of the molecule is CNC(C)CCCOc1cccc2cccnc12. The van der Waals surface area contributed by atoms with Gasteiger partial charge in [0.25, 0.3) is 0 Å². The van der Waals surface area contributed by atoms with Crippen molar-refractivity contribution in [3.63, 3.8) is 0 Å². The second-order valence-corrected chi connectivity index (χ2v) is 4.51. The van der Waals surface area contributed by atoms with E-state index in [2.05, 4.69) is 29.4 Å². The van der Waals surface area contributed by atoms with Crippen LogP contribution in [-0.2, 0) is 0 Å². The summed E-state index contributed by atoms with van der Waals surface area (Å²) < 4.78 is 5.82. The highest BCUT2D eigenvalue weighted by atomic mass is 16.5. The molecule has 0 saturated carbocycles. The summed E-state index contributed by atoms with van der Waals surface area (Å²) in [5.41, 5.74) is 0.946. The van der Waals surface area contributed by atoms with E-state index in [0.29, 0.717) is 6.04 Å². The molecule has 0 radical (unpaired) electrons. The molecule has 0 aliphatic rings. The van der Waals surface area contributed by atoms with E-state index >= 15 is 0 Å². The third-order valence-electron chi connectivity index (χ3n) is 3.13. The molecule has 0 bridgehead atoms. The highest BCUT2D eigenvalue weighted by Crippen LogP contribution is 2.23. The van der Waals surface area contributed by atoms with E-state index in [4.69, 9.17) is 4.74 Å². The summed E-state index contributed by atoms with van der Waals surface area (Å²) in [7, 11) is 1.99. The Balaban J connectivity index is 1.95. The number of ether oxygens (including phenoxy) is 1. The maximum absolute atomic E-state index is 5.82.